The highest BCUT2D eigenvalue weighted by Crippen LogP contribution is 2.17. The molecule has 4 nitrogen and oxygen atoms in total. The molecule has 17 heavy (non-hydrogen) atoms. The molecule has 1 atom stereocenters. The van der Waals surface area contributed by atoms with Crippen molar-refractivity contribution in [1.29, 1.82) is 0 Å². The lowest BCUT2D eigenvalue weighted by Gasteiger charge is -2.32. The predicted molar refractivity (Wildman–Crippen MR) is 69.8 cm³/mol. The number of rotatable bonds is 5. The summed E-state index contributed by atoms with van der Waals surface area (Å²) in [6, 6.07) is 0. The first-order chi connectivity index (χ1) is 8.31. The van der Waals surface area contributed by atoms with Gasteiger partial charge in [0.25, 0.3) is 0 Å². The first-order valence-corrected chi connectivity index (χ1v) is 6.70. The molecule has 1 N–H and O–H groups in total. The Morgan fingerprint density at radius 1 is 1.53 bits per heavy atom. The molecule has 0 spiro atoms. The first kappa shape index (κ1) is 12.6. The average Bonchev–Trinajstić information content (AvgIpc) is 2.78. The van der Waals surface area contributed by atoms with Crippen molar-refractivity contribution < 1.29 is 0 Å². The molecule has 2 heterocycles. The van der Waals surface area contributed by atoms with E-state index in [1.807, 2.05) is 17.9 Å². The van der Waals surface area contributed by atoms with Gasteiger partial charge in [-0.05, 0) is 45.8 Å². The quantitative estimate of drug-likeness (QED) is 0.837. The number of aromatic nitrogens is 2. The van der Waals surface area contributed by atoms with E-state index in [1.165, 1.54) is 31.5 Å². The maximum Gasteiger partial charge on any atom is 0.0534 e. The van der Waals surface area contributed by atoms with Crippen LogP contribution in [0.1, 0.15) is 25.3 Å². The topological polar surface area (TPSA) is 33.1 Å². The highest BCUT2D eigenvalue weighted by Gasteiger charge is 2.19. The smallest absolute Gasteiger partial charge is 0.0534 e. The van der Waals surface area contributed by atoms with Crippen molar-refractivity contribution in [3.8, 4) is 0 Å². The van der Waals surface area contributed by atoms with Gasteiger partial charge in [0.05, 0.1) is 6.20 Å². The molecular formula is C13H24N4. The zero-order valence-corrected chi connectivity index (χ0v) is 11.0. The fourth-order valence-electron chi connectivity index (χ4n) is 2.67. The fourth-order valence-corrected chi connectivity index (χ4v) is 2.67. The van der Waals surface area contributed by atoms with E-state index in [0.717, 1.165) is 25.6 Å². The van der Waals surface area contributed by atoms with Gasteiger partial charge in [0, 0.05) is 31.4 Å². The third-order valence-electron chi connectivity index (χ3n) is 3.51. The summed E-state index contributed by atoms with van der Waals surface area (Å²) in [5, 5.41) is 7.63. The summed E-state index contributed by atoms with van der Waals surface area (Å²) in [6.07, 6.45) is 6.87. The second-order valence-electron chi connectivity index (χ2n) is 5.01. The van der Waals surface area contributed by atoms with E-state index in [9.17, 15) is 0 Å². The standard InChI is InChI=1S/C13H24N4/c1-3-17-11-13(8-15-17)10-16-6-4-5-12(9-16)7-14-2/h8,11-12,14H,3-7,9-10H2,1-2H3. The monoisotopic (exact) mass is 236 g/mol. The molecule has 4 heteroatoms. The Kier molecular flexibility index (Phi) is 4.57. The molecule has 0 aliphatic carbocycles. The summed E-state index contributed by atoms with van der Waals surface area (Å²) in [7, 11) is 2.05. The summed E-state index contributed by atoms with van der Waals surface area (Å²) in [5.74, 6) is 0.815. The lowest BCUT2D eigenvalue weighted by atomic mass is 9.98. The van der Waals surface area contributed by atoms with E-state index in [-0.39, 0.29) is 0 Å². The third kappa shape index (κ3) is 3.54. The number of nitrogens with zero attached hydrogens (tertiary/aromatic N) is 3. The highest BCUT2D eigenvalue weighted by molar-refractivity contribution is 5.03. The Bertz CT molecular complexity index is 332. The number of aryl methyl sites for hydroxylation is 1. The predicted octanol–water partition coefficient (Wildman–Crippen LogP) is 1.33. The zero-order chi connectivity index (χ0) is 12.1. The van der Waals surface area contributed by atoms with Crippen LogP contribution in [-0.2, 0) is 13.1 Å². The Hall–Kier alpha value is -0.870. The van der Waals surface area contributed by atoms with Gasteiger partial charge in [-0.25, -0.2) is 0 Å². The molecule has 0 radical (unpaired) electrons. The summed E-state index contributed by atoms with van der Waals surface area (Å²) >= 11 is 0. The Balaban J connectivity index is 1.85. The summed E-state index contributed by atoms with van der Waals surface area (Å²) < 4.78 is 2.00. The van der Waals surface area contributed by atoms with Gasteiger partial charge in [-0.15, -0.1) is 0 Å². The molecule has 96 valence electrons. The zero-order valence-electron chi connectivity index (χ0n) is 11.0. The molecule has 2 rings (SSSR count). The van der Waals surface area contributed by atoms with Crippen molar-refractivity contribution in [3.05, 3.63) is 18.0 Å². The van der Waals surface area contributed by atoms with Crippen LogP contribution in [0.3, 0.4) is 0 Å². The van der Waals surface area contributed by atoms with Gasteiger partial charge >= 0.3 is 0 Å². The largest absolute Gasteiger partial charge is 0.319 e. The Morgan fingerprint density at radius 2 is 2.41 bits per heavy atom. The minimum absolute atomic E-state index is 0.815. The molecule has 1 aliphatic rings. The lowest BCUT2D eigenvalue weighted by molar-refractivity contribution is 0.167. The van der Waals surface area contributed by atoms with Gasteiger partial charge in [0.15, 0.2) is 0 Å². The molecule has 1 fully saturated rings. The van der Waals surface area contributed by atoms with Gasteiger partial charge < -0.3 is 5.32 Å². The first-order valence-electron chi connectivity index (χ1n) is 6.70. The van der Waals surface area contributed by atoms with E-state index >= 15 is 0 Å². The lowest BCUT2D eigenvalue weighted by Crippen LogP contribution is -2.38. The minimum Gasteiger partial charge on any atom is -0.319 e. The van der Waals surface area contributed by atoms with Crippen LogP contribution in [-0.4, -0.2) is 41.4 Å². The number of piperidine rings is 1. The minimum atomic E-state index is 0.815. The SMILES string of the molecule is CCn1cc(CN2CCCC(CNC)C2)cn1. The Morgan fingerprint density at radius 3 is 3.12 bits per heavy atom. The molecule has 0 saturated carbocycles. The van der Waals surface area contributed by atoms with Gasteiger partial charge in [0.2, 0.25) is 0 Å². The normalized spacial score (nSPS) is 21.9. The molecule has 1 unspecified atom stereocenters. The summed E-state index contributed by atoms with van der Waals surface area (Å²) in [6.45, 7) is 7.74. The molecule has 0 amide bonds. The van der Waals surface area contributed by atoms with Gasteiger partial charge in [-0.1, -0.05) is 0 Å². The molecule has 1 saturated heterocycles. The molecule has 1 aromatic heterocycles. The van der Waals surface area contributed by atoms with Gasteiger partial charge in [0.1, 0.15) is 0 Å². The maximum atomic E-state index is 4.33. The van der Waals surface area contributed by atoms with Crippen molar-refractivity contribution in [1.82, 2.24) is 20.0 Å². The number of hydrogen-bond donors (Lipinski definition) is 1. The van der Waals surface area contributed by atoms with Crippen LogP contribution in [0.4, 0.5) is 0 Å². The van der Waals surface area contributed by atoms with E-state index in [4.69, 9.17) is 0 Å². The van der Waals surface area contributed by atoms with Crippen molar-refractivity contribution in [2.24, 2.45) is 5.92 Å². The fraction of sp³-hybridized carbons (Fsp3) is 0.769. The average molecular weight is 236 g/mol. The van der Waals surface area contributed by atoms with Crippen molar-refractivity contribution in [3.63, 3.8) is 0 Å². The molecule has 0 bridgehead atoms. The summed E-state index contributed by atoms with van der Waals surface area (Å²) in [4.78, 5) is 2.56. The molecule has 1 aromatic rings. The van der Waals surface area contributed by atoms with Gasteiger partial charge in [-0.2, -0.15) is 5.10 Å². The number of nitrogens with one attached hydrogen (secondary N) is 1. The second-order valence-corrected chi connectivity index (χ2v) is 5.01. The second kappa shape index (κ2) is 6.17. The van der Waals surface area contributed by atoms with E-state index in [0.29, 0.717) is 0 Å². The van der Waals surface area contributed by atoms with Crippen LogP contribution in [0.5, 0.6) is 0 Å². The third-order valence-corrected chi connectivity index (χ3v) is 3.51. The van der Waals surface area contributed by atoms with Gasteiger partial charge in [-0.3, -0.25) is 9.58 Å². The number of hydrogen-bond acceptors (Lipinski definition) is 3. The van der Waals surface area contributed by atoms with Crippen LogP contribution in [0.15, 0.2) is 12.4 Å². The van der Waals surface area contributed by atoms with Crippen molar-refractivity contribution in [2.75, 3.05) is 26.7 Å². The van der Waals surface area contributed by atoms with Crippen LogP contribution >= 0.6 is 0 Å². The molecular weight excluding hydrogens is 212 g/mol. The van der Waals surface area contributed by atoms with Crippen molar-refractivity contribution in [2.45, 2.75) is 32.9 Å². The molecule has 0 aromatic carbocycles. The van der Waals surface area contributed by atoms with Crippen LogP contribution < -0.4 is 5.32 Å². The summed E-state index contributed by atoms with van der Waals surface area (Å²) in [5.41, 5.74) is 1.34. The highest BCUT2D eigenvalue weighted by atomic mass is 15.3. The van der Waals surface area contributed by atoms with Crippen LogP contribution in [0, 0.1) is 5.92 Å². The molecule has 1 aliphatic heterocycles. The van der Waals surface area contributed by atoms with E-state index in [2.05, 4.69) is 28.4 Å². The maximum absolute atomic E-state index is 4.33. The Labute approximate surface area is 104 Å². The van der Waals surface area contributed by atoms with Crippen LogP contribution in [0.2, 0.25) is 0 Å². The van der Waals surface area contributed by atoms with Crippen molar-refractivity contribution >= 4 is 0 Å². The van der Waals surface area contributed by atoms with Crippen LogP contribution in [0.25, 0.3) is 0 Å². The van der Waals surface area contributed by atoms with E-state index < -0.39 is 0 Å². The number of likely N-dealkylation sites (tertiary alicyclic amines) is 1. The van der Waals surface area contributed by atoms with E-state index in [1.54, 1.807) is 0 Å².